The van der Waals surface area contributed by atoms with E-state index >= 15 is 0 Å². The topological polar surface area (TPSA) is 66.5 Å². The zero-order chi connectivity index (χ0) is 19.8. The second-order valence-electron chi connectivity index (χ2n) is 9.84. The minimum Gasteiger partial charge on any atom is -0.354 e. The van der Waals surface area contributed by atoms with E-state index in [2.05, 4.69) is 5.32 Å². The molecule has 1 amide bonds. The summed E-state index contributed by atoms with van der Waals surface area (Å²) < 4.78 is 27.4. The summed E-state index contributed by atoms with van der Waals surface area (Å²) in [5.41, 5.74) is 0.861. The van der Waals surface area contributed by atoms with Gasteiger partial charge in [0.05, 0.1) is 10.6 Å². The van der Waals surface area contributed by atoms with Gasteiger partial charge in [0, 0.05) is 11.9 Å². The van der Waals surface area contributed by atoms with Crippen LogP contribution in [0.25, 0.3) is 10.8 Å². The molecule has 0 saturated heterocycles. The molecule has 2 aromatic rings. The molecule has 5 nitrogen and oxygen atoms in total. The lowest BCUT2D eigenvalue weighted by molar-refractivity contribution is -0.121. The van der Waals surface area contributed by atoms with Crippen molar-refractivity contribution in [1.82, 2.24) is 5.32 Å². The average Bonchev–Trinajstić information content (AvgIpc) is 2.89. The van der Waals surface area contributed by atoms with Crippen LogP contribution < -0.4 is 9.62 Å². The minimum atomic E-state index is -3.68. The lowest BCUT2D eigenvalue weighted by atomic mass is 9.49. The molecular weight excluding hydrogens is 384 g/mol. The summed E-state index contributed by atoms with van der Waals surface area (Å²) >= 11 is 0. The second-order valence-corrected chi connectivity index (χ2v) is 11.7. The van der Waals surface area contributed by atoms with E-state index in [4.69, 9.17) is 0 Å². The van der Waals surface area contributed by atoms with Crippen LogP contribution in [0.5, 0.6) is 0 Å². The van der Waals surface area contributed by atoms with Crippen molar-refractivity contribution in [1.29, 1.82) is 0 Å². The van der Waals surface area contributed by atoms with Crippen molar-refractivity contribution in [2.75, 3.05) is 17.4 Å². The molecule has 0 spiro atoms. The molecule has 0 unspecified atom stereocenters. The second kappa shape index (κ2) is 5.97. The van der Waals surface area contributed by atoms with Gasteiger partial charge in [-0.1, -0.05) is 24.3 Å². The van der Waals surface area contributed by atoms with Crippen LogP contribution in [0.2, 0.25) is 0 Å². The molecule has 4 saturated carbocycles. The molecule has 4 bridgehead atoms. The molecule has 0 atom stereocenters. The lowest BCUT2D eigenvalue weighted by Gasteiger charge is -2.56. The van der Waals surface area contributed by atoms with Crippen molar-refractivity contribution in [2.24, 2.45) is 23.2 Å². The van der Waals surface area contributed by atoms with Gasteiger partial charge in [-0.15, -0.1) is 0 Å². The van der Waals surface area contributed by atoms with Crippen LogP contribution in [0.3, 0.4) is 0 Å². The van der Waals surface area contributed by atoms with E-state index in [9.17, 15) is 13.2 Å². The molecule has 1 aliphatic heterocycles. The van der Waals surface area contributed by atoms with Crippen LogP contribution in [0.1, 0.15) is 38.5 Å². The first-order valence-electron chi connectivity index (χ1n) is 10.7. The summed E-state index contributed by atoms with van der Waals surface area (Å²) in [4.78, 5) is 13.1. The fourth-order valence-corrected chi connectivity index (χ4v) is 8.77. The summed E-state index contributed by atoms with van der Waals surface area (Å²) in [7, 11) is -3.68. The monoisotopic (exact) mass is 410 g/mol. The average molecular weight is 411 g/mol. The molecule has 1 N–H and O–H groups in total. The third-order valence-corrected chi connectivity index (χ3v) is 9.60. The molecule has 6 heteroatoms. The number of hydrogen-bond donors (Lipinski definition) is 1. The highest BCUT2D eigenvalue weighted by Crippen LogP contribution is 2.59. The van der Waals surface area contributed by atoms with E-state index in [1.807, 2.05) is 18.2 Å². The van der Waals surface area contributed by atoms with Gasteiger partial charge in [0.25, 0.3) is 10.0 Å². The number of rotatable bonds is 4. The van der Waals surface area contributed by atoms with Gasteiger partial charge >= 0.3 is 0 Å². The highest BCUT2D eigenvalue weighted by Gasteiger charge is 2.50. The molecular formula is C23H26N2O3S. The van der Waals surface area contributed by atoms with Crippen molar-refractivity contribution >= 4 is 32.4 Å². The zero-order valence-electron chi connectivity index (χ0n) is 16.4. The first kappa shape index (κ1) is 17.8. The van der Waals surface area contributed by atoms with E-state index in [0.717, 1.165) is 28.5 Å². The number of anilines is 1. The number of amides is 1. The van der Waals surface area contributed by atoms with Gasteiger partial charge in [0.15, 0.2) is 0 Å². The Morgan fingerprint density at radius 1 is 1.00 bits per heavy atom. The van der Waals surface area contributed by atoms with Crippen molar-refractivity contribution < 1.29 is 13.2 Å². The van der Waals surface area contributed by atoms with E-state index < -0.39 is 10.0 Å². The third-order valence-electron chi connectivity index (χ3n) is 7.79. The van der Waals surface area contributed by atoms with Gasteiger partial charge < -0.3 is 5.32 Å². The zero-order valence-corrected chi connectivity index (χ0v) is 17.2. The minimum absolute atomic E-state index is 0.150. The van der Waals surface area contributed by atoms with E-state index in [1.54, 1.807) is 18.2 Å². The third kappa shape index (κ3) is 2.64. The van der Waals surface area contributed by atoms with Crippen LogP contribution in [-0.2, 0) is 14.8 Å². The molecule has 7 rings (SSSR count). The Morgan fingerprint density at radius 2 is 1.62 bits per heavy atom. The number of carbonyl (C=O) groups is 1. The van der Waals surface area contributed by atoms with Crippen LogP contribution in [-0.4, -0.2) is 27.4 Å². The Bertz CT molecular complexity index is 1080. The van der Waals surface area contributed by atoms with Crippen LogP contribution in [0.15, 0.2) is 41.3 Å². The number of carbonyl (C=O) groups excluding carboxylic acids is 1. The summed E-state index contributed by atoms with van der Waals surface area (Å²) in [6.07, 6.45) is 7.81. The molecule has 4 fully saturated rings. The smallest absolute Gasteiger partial charge is 0.265 e. The lowest BCUT2D eigenvalue weighted by Crippen LogP contribution is -2.52. The van der Waals surface area contributed by atoms with Crippen molar-refractivity contribution in [2.45, 2.75) is 43.4 Å². The Balaban J connectivity index is 1.21. The number of hydrogen-bond acceptors (Lipinski definition) is 3. The first-order chi connectivity index (χ1) is 13.9. The molecule has 4 aliphatic carbocycles. The molecule has 2 aromatic carbocycles. The van der Waals surface area contributed by atoms with E-state index in [-0.39, 0.29) is 17.9 Å². The van der Waals surface area contributed by atoms with Gasteiger partial charge in [0.2, 0.25) is 5.91 Å². The van der Waals surface area contributed by atoms with Crippen LogP contribution in [0.4, 0.5) is 5.69 Å². The van der Waals surface area contributed by atoms with Gasteiger partial charge in [0.1, 0.15) is 6.54 Å². The summed E-state index contributed by atoms with van der Waals surface area (Å²) in [6, 6.07) is 10.9. The van der Waals surface area contributed by atoms with E-state index in [0.29, 0.717) is 17.1 Å². The number of benzene rings is 2. The highest BCUT2D eigenvalue weighted by atomic mass is 32.2. The molecule has 0 aromatic heterocycles. The van der Waals surface area contributed by atoms with Crippen molar-refractivity contribution in [3.05, 3.63) is 36.4 Å². The summed E-state index contributed by atoms with van der Waals surface area (Å²) in [5, 5.41) is 4.73. The first-order valence-corrected chi connectivity index (χ1v) is 12.2. The number of nitrogens with one attached hydrogen (secondary N) is 1. The van der Waals surface area contributed by atoms with Crippen molar-refractivity contribution in [3.8, 4) is 0 Å². The normalized spacial score (nSPS) is 33.4. The maximum absolute atomic E-state index is 13.1. The fraction of sp³-hybridized carbons (Fsp3) is 0.522. The van der Waals surface area contributed by atoms with Gasteiger partial charge in [-0.25, -0.2) is 8.42 Å². The number of nitrogens with zero attached hydrogens (tertiary/aromatic N) is 1. The maximum Gasteiger partial charge on any atom is 0.265 e. The maximum atomic E-state index is 13.1. The predicted octanol–water partition coefficient (Wildman–Crippen LogP) is 3.68. The SMILES string of the molecule is O=C(CN1c2cccc3cccc(c23)S1(=O)=O)NCC12CC3CC(CC(C3)C1)C2. The summed E-state index contributed by atoms with van der Waals surface area (Å²) in [5.74, 6) is 2.31. The predicted molar refractivity (Wildman–Crippen MR) is 112 cm³/mol. The van der Waals surface area contributed by atoms with Crippen LogP contribution >= 0.6 is 0 Å². The standard InChI is InChI=1S/C23H26N2O3S/c26-21(24-14-23-10-15-7-16(11-23)9-17(8-15)12-23)13-25-19-5-1-3-18-4-2-6-20(22(18)19)29(25,27)28/h1-6,15-17H,7-14H2,(H,24,26). The van der Waals surface area contributed by atoms with Crippen LogP contribution in [0, 0.1) is 23.2 Å². The van der Waals surface area contributed by atoms with Gasteiger partial charge in [-0.05, 0) is 79.2 Å². The van der Waals surface area contributed by atoms with Crippen molar-refractivity contribution in [3.63, 3.8) is 0 Å². The van der Waals surface area contributed by atoms with Gasteiger partial charge in [-0.2, -0.15) is 0 Å². The molecule has 5 aliphatic rings. The Morgan fingerprint density at radius 3 is 2.28 bits per heavy atom. The molecule has 1 heterocycles. The van der Waals surface area contributed by atoms with Gasteiger partial charge in [-0.3, -0.25) is 9.10 Å². The largest absolute Gasteiger partial charge is 0.354 e. The molecule has 0 radical (unpaired) electrons. The quantitative estimate of drug-likeness (QED) is 0.836. The Hall–Kier alpha value is -2.08. The summed E-state index contributed by atoms with van der Waals surface area (Å²) in [6.45, 7) is 0.545. The molecule has 29 heavy (non-hydrogen) atoms. The Labute approximate surface area is 171 Å². The number of sulfonamides is 1. The Kier molecular flexibility index (Phi) is 3.65. The fourth-order valence-electron chi connectivity index (χ4n) is 7.11. The van der Waals surface area contributed by atoms with E-state index in [1.165, 1.54) is 42.8 Å². The molecule has 152 valence electrons. The highest BCUT2D eigenvalue weighted by molar-refractivity contribution is 7.93.